The molecule has 2 aromatic rings. The van der Waals surface area contributed by atoms with Crippen LogP contribution in [0.5, 0.6) is 0 Å². The van der Waals surface area contributed by atoms with Gasteiger partial charge in [-0.05, 0) is 84.0 Å². The summed E-state index contributed by atoms with van der Waals surface area (Å²) < 4.78 is 19.0. The number of fused-ring (bicyclic) bond motifs is 1. The summed E-state index contributed by atoms with van der Waals surface area (Å²) in [6, 6.07) is 6.88. The third-order valence-corrected chi connectivity index (χ3v) is 8.48. The molecule has 2 heterocycles. The van der Waals surface area contributed by atoms with Gasteiger partial charge in [-0.15, -0.1) is 0 Å². The molecule has 1 aromatic carbocycles. The van der Waals surface area contributed by atoms with Crippen molar-refractivity contribution in [3.8, 4) is 0 Å². The van der Waals surface area contributed by atoms with Crippen molar-refractivity contribution in [2.75, 3.05) is 19.7 Å². The van der Waals surface area contributed by atoms with Gasteiger partial charge >= 0.3 is 12.1 Å². The van der Waals surface area contributed by atoms with E-state index in [-0.39, 0.29) is 24.7 Å². The minimum Gasteiger partial charge on any atom is -0.460 e. The number of benzene rings is 1. The summed E-state index contributed by atoms with van der Waals surface area (Å²) in [7, 11) is -1.21. The fraction of sp³-hybridized carbons (Fsp3) is 0.667. The molecule has 1 amide bonds. The Hall–Kier alpha value is -2.72. The summed E-state index contributed by atoms with van der Waals surface area (Å²) in [5.41, 5.74) is 0.835. The monoisotopic (exact) mass is 573 g/mol. The molecule has 0 N–H and O–H groups in total. The SMILES string of the molecule is CC(C)(C)OC(=O)[C@@H](Cc1ccc2c(c1)c(C=O)nn2COCC[Si](C)(C)C)[C@H]1CCN(C(=O)OC(C)(C)C)C1. The second-order valence-corrected chi connectivity index (χ2v) is 19.6. The van der Waals surface area contributed by atoms with Crippen LogP contribution < -0.4 is 0 Å². The Morgan fingerprint density at radius 2 is 1.77 bits per heavy atom. The highest BCUT2D eigenvalue weighted by molar-refractivity contribution is 6.76. The van der Waals surface area contributed by atoms with E-state index in [9.17, 15) is 14.4 Å². The first kappa shape index (κ1) is 31.8. The number of ether oxygens (including phenoxy) is 3. The Bertz CT molecular complexity index is 1200. The van der Waals surface area contributed by atoms with Gasteiger partial charge in [0.1, 0.15) is 23.6 Å². The standard InChI is InChI=1S/C30H47N3O6Si/c1-29(2,3)38-27(35)23(22-12-13-32(18-22)28(36)39-30(4,5)6)16-21-10-11-26-24(17-21)25(19-34)31-33(26)20-37-14-15-40(7,8)9/h10-11,17,19,22-23H,12-16,18,20H2,1-9H3/t22-,23-/m0/s1. The molecule has 0 saturated carbocycles. The van der Waals surface area contributed by atoms with E-state index in [1.165, 1.54) is 0 Å². The van der Waals surface area contributed by atoms with Crippen LogP contribution in [-0.2, 0) is 32.2 Å². The molecular weight excluding hydrogens is 526 g/mol. The number of likely N-dealkylation sites (tertiary alicyclic amines) is 1. The average molecular weight is 574 g/mol. The molecule has 9 nitrogen and oxygen atoms in total. The fourth-order valence-electron chi connectivity index (χ4n) is 4.77. The van der Waals surface area contributed by atoms with Crippen molar-refractivity contribution in [2.45, 2.75) is 98.0 Å². The van der Waals surface area contributed by atoms with Gasteiger partial charge in [-0.3, -0.25) is 9.59 Å². The Morgan fingerprint density at radius 1 is 1.10 bits per heavy atom. The normalized spacial score (nSPS) is 17.2. The molecule has 1 aliphatic heterocycles. The summed E-state index contributed by atoms with van der Waals surface area (Å²) in [5, 5.41) is 5.19. The highest BCUT2D eigenvalue weighted by Crippen LogP contribution is 2.32. The van der Waals surface area contributed by atoms with Gasteiger partial charge in [-0.2, -0.15) is 5.10 Å². The molecule has 0 aliphatic carbocycles. The number of carbonyl (C=O) groups is 3. The van der Waals surface area contributed by atoms with Crippen molar-refractivity contribution < 1.29 is 28.6 Å². The van der Waals surface area contributed by atoms with E-state index in [2.05, 4.69) is 24.7 Å². The fourth-order valence-corrected chi connectivity index (χ4v) is 5.53. The summed E-state index contributed by atoms with van der Waals surface area (Å²) in [5.74, 6) is -0.819. The zero-order valence-corrected chi connectivity index (χ0v) is 26.7. The predicted molar refractivity (Wildman–Crippen MR) is 158 cm³/mol. The topological polar surface area (TPSA) is 100.0 Å². The summed E-state index contributed by atoms with van der Waals surface area (Å²) >= 11 is 0. The van der Waals surface area contributed by atoms with Gasteiger partial charge in [-0.25, -0.2) is 9.48 Å². The van der Waals surface area contributed by atoms with Crippen LogP contribution >= 0.6 is 0 Å². The van der Waals surface area contributed by atoms with E-state index < -0.39 is 25.2 Å². The maximum atomic E-state index is 13.4. The minimum atomic E-state index is -1.21. The van der Waals surface area contributed by atoms with E-state index in [1.807, 2.05) is 59.7 Å². The molecule has 2 atom stereocenters. The van der Waals surface area contributed by atoms with Gasteiger partial charge in [0.2, 0.25) is 0 Å². The van der Waals surface area contributed by atoms with Crippen molar-refractivity contribution in [1.29, 1.82) is 0 Å². The van der Waals surface area contributed by atoms with E-state index >= 15 is 0 Å². The highest BCUT2D eigenvalue weighted by Gasteiger charge is 2.39. The van der Waals surface area contributed by atoms with Gasteiger partial charge in [0, 0.05) is 33.2 Å². The maximum Gasteiger partial charge on any atom is 0.410 e. The van der Waals surface area contributed by atoms with Crippen molar-refractivity contribution in [1.82, 2.24) is 14.7 Å². The zero-order chi connectivity index (χ0) is 29.9. The first-order valence-corrected chi connectivity index (χ1v) is 17.9. The largest absolute Gasteiger partial charge is 0.460 e. The van der Waals surface area contributed by atoms with Crippen LogP contribution in [0.25, 0.3) is 10.9 Å². The van der Waals surface area contributed by atoms with Crippen molar-refractivity contribution in [2.24, 2.45) is 11.8 Å². The van der Waals surface area contributed by atoms with Crippen LogP contribution in [-0.4, -0.2) is 72.0 Å². The van der Waals surface area contributed by atoms with Gasteiger partial charge < -0.3 is 19.1 Å². The molecule has 0 spiro atoms. The molecule has 1 saturated heterocycles. The quantitative estimate of drug-likeness (QED) is 0.151. The number of nitrogens with zero attached hydrogens (tertiary/aromatic N) is 3. The van der Waals surface area contributed by atoms with Crippen LogP contribution in [0.1, 0.15) is 64.0 Å². The van der Waals surface area contributed by atoms with Gasteiger partial charge in [0.15, 0.2) is 6.29 Å². The van der Waals surface area contributed by atoms with Crippen LogP contribution in [0.4, 0.5) is 4.79 Å². The number of aromatic nitrogens is 2. The van der Waals surface area contributed by atoms with Crippen LogP contribution in [0, 0.1) is 11.8 Å². The number of carbonyl (C=O) groups excluding carboxylic acids is 3. The second kappa shape index (κ2) is 12.4. The minimum absolute atomic E-state index is 0.0777. The van der Waals surface area contributed by atoms with Crippen LogP contribution in [0.3, 0.4) is 0 Å². The molecule has 40 heavy (non-hydrogen) atoms. The number of aldehydes is 1. The molecule has 3 rings (SSSR count). The first-order valence-electron chi connectivity index (χ1n) is 14.2. The highest BCUT2D eigenvalue weighted by atomic mass is 28.3. The van der Waals surface area contributed by atoms with E-state index in [1.54, 1.807) is 9.58 Å². The Morgan fingerprint density at radius 3 is 2.38 bits per heavy atom. The summed E-state index contributed by atoms with van der Waals surface area (Å²) in [4.78, 5) is 39.6. The number of rotatable bonds is 10. The van der Waals surface area contributed by atoms with E-state index in [0.29, 0.717) is 38.2 Å². The lowest BCUT2D eigenvalue weighted by atomic mass is 9.85. The molecule has 1 fully saturated rings. The molecule has 10 heteroatoms. The zero-order valence-electron chi connectivity index (χ0n) is 25.7. The first-order chi connectivity index (χ1) is 18.5. The molecule has 1 aliphatic rings. The van der Waals surface area contributed by atoms with E-state index in [0.717, 1.165) is 28.8 Å². The molecule has 1 aromatic heterocycles. The molecule has 0 unspecified atom stereocenters. The Labute approximate surface area is 239 Å². The van der Waals surface area contributed by atoms with Crippen molar-refractivity contribution in [3.63, 3.8) is 0 Å². The predicted octanol–water partition coefficient (Wildman–Crippen LogP) is 5.92. The van der Waals surface area contributed by atoms with Gasteiger partial charge in [0.25, 0.3) is 0 Å². The average Bonchev–Trinajstić information content (AvgIpc) is 3.42. The molecule has 0 radical (unpaired) electrons. The lowest BCUT2D eigenvalue weighted by Crippen LogP contribution is -2.38. The number of amides is 1. The van der Waals surface area contributed by atoms with Crippen LogP contribution in [0.15, 0.2) is 18.2 Å². The van der Waals surface area contributed by atoms with Gasteiger partial charge in [0.05, 0.1) is 11.4 Å². The lowest BCUT2D eigenvalue weighted by Gasteiger charge is -2.28. The lowest BCUT2D eigenvalue weighted by molar-refractivity contribution is -0.161. The van der Waals surface area contributed by atoms with E-state index in [4.69, 9.17) is 14.2 Å². The summed E-state index contributed by atoms with van der Waals surface area (Å²) in [6.07, 6.45) is 1.49. The van der Waals surface area contributed by atoms with Crippen molar-refractivity contribution >= 4 is 37.3 Å². The molecule has 222 valence electrons. The third-order valence-electron chi connectivity index (χ3n) is 6.78. The Kier molecular flexibility index (Phi) is 9.88. The Balaban J connectivity index is 1.81. The third kappa shape index (κ3) is 9.16. The van der Waals surface area contributed by atoms with Crippen LogP contribution in [0.2, 0.25) is 25.7 Å². The molecule has 0 bridgehead atoms. The smallest absolute Gasteiger partial charge is 0.410 e. The van der Waals surface area contributed by atoms with Gasteiger partial charge in [-0.1, -0.05) is 25.7 Å². The van der Waals surface area contributed by atoms with Crippen molar-refractivity contribution in [3.05, 3.63) is 29.5 Å². The maximum absolute atomic E-state index is 13.4. The number of hydrogen-bond acceptors (Lipinski definition) is 7. The summed E-state index contributed by atoms with van der Waals surface area (Å²) in [6.45, 7) is 19.9. The second-order valence-electron chi connectivity index (χ2n) is 14.0. The molecular formula is C30H47N3O6Si. The number of esters is 1. The number of hydrogen-bond donors (Lipinski definition) is 0.